The molecule has 108 valence electrons. The summed E-state index contributed by atoms with van der Waals surface area (Å²) in [5.74, 6) is 0.840. The Hall–Kier alpha value is -1.45. The minimum atomic E-state index is 0.429. The van der Waals surface area contributed by atoms with Gasteiger partial charge in [-0.3, -0.25) is 4.90 Å². The molecule has 1 aromatic heterocycles. The van der Waals surface area contributed by atoms with Gasteiger partial charge in [0.25, 0.3) is 0 Å². The summed E-state index contributed by atoms with van der Waals surface area (Å²) >= 11 is 5.78. The SMILES string of the molecule is CCN(CC)Cc1ccccc1NCc1ccc(Cl)o1. The molecule has 0 bridgehead atoms. The fraction of sp³-hybridized carbons (Fsp3) is 0.375. The van der Waals surface area contributed by atoms with Crippen LogP contribution in [0.3, 0.4) is 0 Å². The summed E-state index contributed by atoms with van der Waals surface area (Å²) in [5.41, 5.74) is 2.45. The van der Waals surface area contributed by atoms with Crippen LogP contribution >= 0.6 is 11.6 Å². The van der Waals surface area contributed by atoms with E-state index in [0.717, 1.165) is 31.1 Å². The van der Waals surface area contributed by atoms with E-state index in [-0.39, 0.29) is 0 Å². The zero-order valence-electron chi connectivity index (χ0n) is 12.0. The molecular formula is C16H21ClN2O. The van der Waals surface area contributed by atoms with Crippen molar-refractivity contribution in [3.05, 3.63) is 52.9 Å². The Bertz CT molecular complexity index is 535. The molecule has 0 aliphatic carbocycles. The molecule has 0 spiro atoms. The second-order valence-electron chi connectivity index (χ2n) is 4.68. The first kappa shape index (κ1) is 14.9. The molecule has 0 fully saturated rings. The summed E-state index contributed by atoms with van der Waals surface area (Å²) in [6, 6.07) is 12.0. The maximum atomic E-state index is 5.78. The monoisotopic (exact) mass is 292 g/mol. The van der Waals surface area contributed by atoms with Gasteiger partial charge in [-0.25, -0.2) is 0 Å². The predicted molar refractivity (Wildman–Crippen MR) is 84.1 cm³/mol. The van der Waals surface area contributed by atoms with Crippen LogP contribution in [0.25, 0.3) is 0 Å². The van der Waals surface area contributed by atoms with Crippen LogP contribution in [0.1, 0.15) is 25.2 Å². The summed E-state index contributed by atoms with van der Waals surface area (Å²) in [6.45, 7) is 8.07. The van der Waals surface area contributed by atoms with E-state index in [0.29, 0.717) is 11.8 Å². The molecule has 3 nitrogen and oxygen atoms in total. The molecule has 2 aromatic rings. The van der Waals surface area contributed by atoms with Crippen molar-refractivity contribution in [2.75, 3.05) is 18.4 Å². The Morgan fingerprint density at radius 1 is 1.10 bits per heavy atom. The molecule has 0 unspecified atom stereocenters. The van der Waals surface area contributed by atoms with E-state index < -0.39 is 0 Å². The van der Waals surface area contributed by atoms with Crippen molar-refractivity contribution < 1.29 is 4.42 Å². The molecule has 0 aliphatic heterocycles. The normalized spacial score (nSPS) is 11.0. The summed E-state index contributed by atoms with van der Waals surface area (Å²) < 4.78 is 5.36. The molecule has 2 rings (SSSR count). The highest BCUT2D eigenvalue weighted by molar-refractivity contribution is 6.28. The van der Waals surface area contributed by atoms with Gasteiger partial charge in [0, 0.05) is 12.2 Å². The maximum Gasteiger partial charge on any atom is 0.193 e. The molecule has 1 aromatic carbocycles. The summed E-state index contributed by atoms with van der Waals surface area (Å²) in [5, 5.41) is 3.85. The van der Waals surface area contributed by atoms with Gasteiger partial charge in [0.05, 0.1) is 6.54 Å². The molecule has 0 aliphatic rings. The largest absolute Gasteiger partial charge is 0.448 e. The van der Waals surface area contributed by atoms with E-state index >= 15 is 0 Å². The molecular weight excluding hydrogens is 272 g/mol. The van der Waals surface area contributed by atoms with Gasteiger partial charge in [-0.1, -0.05) is 32.0 Å². The van der Waals surface area contributed by atoms with E-state index in [9.17, 15) is 0 Å². The van der Waals surface area contributed by atoms with Crippen molar-refractivity contribution in [2.24, 2.45) is 0 Å². The highest BCUT2D eigenvalue weighted by atomic mass is 35.5. The van der Waals surface area contributed by atoms with Crippen molar-refractivity contribution in [3.63, 3.8) is 0 Å². The topological polar surface area (TPSA) is 28.4 Å². The van der Waals surface area contributed by atoms with Crippen molar-refractivity contribution in [3.8, 4) is 0 Å². The summed E-state index contributed by atoms with van der Waals surface area (Å²) in [6.07, 6.45) is 0. The molecule has 1 N–H and O–H groups in total. The highest BCUT2D eigenvalue weighted by Gasteiger charge is 2.07. The van der Waals surface area contributed by atoms with Crippen LogP contribution in [0.5, 0.6) is 0 Å². The van der Waals surface area contributed by atoms with Gasteiger partial charge in [-0.15, -0.1) is 0 Å². The Morgan fingerprint density at radius 3 is 2.50 bits per heavy atom. The van der Waals surface area contributed by atoms with Crippen molar-refractivity contribution in [1.82, 2.24) is 4.90 Å². The number of hydrogen-bond acceptors (Lipinski definition) is 3. The highest BCUT2D eigenvalue weighted by Crippen LogP contribution is 2.19. The molecule has 0 radical (unpaired) electrons. The van der Waals surface area contributed by atoms with E-state index in [1.54, 1.807) is 6.07 Å². The number of para-hydroxylation sites is 1. The summed E-state index contributed by atoms with van der Waals surface area (Å²) in [7, 11) is 0. The Balaban J connectivity index is 2.03. The summed E-state index contributed by atoms with van der Waals surface area (Å²) in [4.78, 5) is 2.39. The smallest absolute Gasteiger partial charge is 0.193 e. The minimum Gasteiger partial charge on any atom is -0.448 e. The predicted octanol–water partition coefficient (Wildman–Crippen LogP) is 4.39. The third kappa shape index (κ3) is 4.02. The number of nitrogens with one attached hydrogen (secondary N) is 1. The van der Waals surface area contributed by atoms with Crippen LogP contribution in [0.15, 0.2) is 40.8 Å². The molecule has 1 heterocycles. The van der Waals surface area contributed by atoms with Gasteiger partial charge in [0.2, 0.25) is 0 Å². The van der Waals surface area contributed by atoms with E-state index in [1.165, 1.54) is 5.56 Å². The number of furan rings is 1. The van der Waals surface area contributed by atoms with Gasteiger partial charge >= 0.3 is 0 Å². The van der Waals surface area contributed by atoms with E-state index in [1.807, 2.05) is 12.1 Å². The van der Waals surface area contributed by atoms with Gasteiger partial charge in [-0.2, -0.15) is 0 Å². The fourth-order valence-corrected chi connectivity index (χ4v) is 2.31. The molecule has 0 atom stereocenters. The van der Waals surface area contributed by atoms with Crippen molar-refractivity contribution in [1.29, 1.82) is 0 Å². The fourth-order valence-electron chi connectivity index (χ4n) is 2.15. The van der Waals surface area contributed by atoms with Crippen LogP contribution in [-0.4, -0.2) is 18.0 Å². The Morgan fingerprint density at radius 2 is 1.85 bits per heavy atom. The Labute approximate surface area is 125 Å². The first-order valence-electron chi connectivity index (χ1n) is 7.01. The van der Waals surface area contributed by atoms with Gasteiger partial charge < -0.3 is 9.73 Å². The van der Waals surface area contributed by atoms with Gasteiger partial charge in [0.15, 0.2) is 5.22 Å². The van der Waals surface area contributed by atoms with Crippen LogP contribution in [0, 0.1) is 0 Å². The number of anilines is 1. The van der Waals surface area contributed by atoms with Crippen LogP contribution < -0.4 is 5.32 Å². The standard InChI is InChI=1S/C16H21ClN2O/c1-3-19(4-2)12-13-7-5-6-8-15(13)18-11-14-9-10-16(17)20-14/h5-10,18H,3-4,11-12H2,1-2H3. The quantitative estimate of drug-likeness (QED) is 0.820. The molecule has 0 saturated carbocycles. The first-order valence-corrected chi connectivity index (χ1v) is 7.39. The van der Waals surface area contributed by atoms with E-state index in [2.05, 4.69) is 42.3 Å². The second kappa shape index (κ2) is 7.36. The lowest BCUT2D eigenvalue weighted by Gasteiger charge is -2.20. The third-order valence-corrected chi connectivity index (χ3v) is 3.59. The molecule has 0 amide bonds. The first-order chi connectivity index (χ1) is 9.72. The third-order valence-electron chi connectivity index (χ3n) is 3.39. The van der Waals surface area contributed by atoms with Crippen LogP contribution in [0.4, 0.5) is 5.69 Å². The number of hydrogen-bond donors (Lipinski definition) is 1. The maximum absolute atomic E-state index is 5.78. The lowest BCUT2D eigenvalue weighted by molar-refractivity contribution is 0.296. The van der Waals surface area contributed by atoms with Crippen molar-refractivity contribution >= 4 is 17.3 Å². The minimum absolute atomic E-state index is 0.429. The molecule has 20 heavy (non-hydrogen) atoms. The van der Waals surface area contributed by atoms with Crippen molar-refractivity contribution in [2.45, 2.75) is 26.9 Å². The average molecular weight is 293 g/mol. The lowest BCUT2D eigenvalue weighted by atomic mass is 10.1. The number of halogens is 1. The zero-order valence-corrected chi connectivity index (χ0v) is 12.8. The van der Waals surface area contributed by atoms with E-state index in [4.69, 9.17) is 16.0 Å². The Kier molecular flexibility index (Phi) is 5.50. The number of benzene rings is 1. The van der Waals surface area contributed by atoms with Gasteiger partial charge in [-0.05, 0) is 48.5 Å². The van der Waals surface area contributed by atoms with Gasteiger partial charge in [0.1, 0.15) is 5.76 Å². The average Bonchev–Trinajstić information content (AvgIpc) is 2.89. The number of nitrogens with zero attached hydrogens (tertiary/aromatic N) is 1. The van der Waals surface area contributed by atoms with Crippen LogP contribution in [-0.2, 0) is 13.1 Å². The lowest BCUT2D eigenvalue weighted by Crippen LogP contribution is -2.22. The van der Waals surface area contributed by atoms with Crippen LogP contribution in [0.2, 0.25) is 5.22 Å². The second-order valence-corrected chi connectivity index (χ2v) is 5.05. The molecule has 4 heteroatoms. The molecule has 0 saturated heterocycles. The zero-order chi connectivity index (χ0) is 14.4. The number of rotatable bonds is 7.